The molecule has 2 rings (SSSR count). The van der Waals surface area contributed by atoms with E-state index < -0.39 is 0 Å². The average Bonchev–Trinajstić information content (AvgIpc) is 2.57. The van der Waals surface area contributed by atoms with Gasteiger partial charge in [0.05, 0.1) is 5.69 Å². The van der Waals surface area contributed by atoms with E-state index in [0.29, 0.717) is 12.1 Å². The Bertz CT molecular complexity index is 547. The standard InChI is InChI=1S/C12H11FINO/c1-2-3-10(16)12-11(14)8-6-7(13)4-5-9(8)15-12/h4-6,15H,2-3H2,1H3. The fraction of sp³-hybridized carbons (Fsp3) is 0.250. The molecule has 2 nitrogen and oxygen atoms in total. The van der Waals surface area contributed by atoms with E-state index in [1.807, 2.05) is 6.92 Å². The van der Waals surface area contributed by atoms with Crippen LogP contribution in [-0.4, -0.2) is 10.8 Å². The number of halogens is 2. The van der Waals surface area contributed by atoms with Gasteiger partial charge in [-0.3, -0.25) is 4.79 Å². The number of hydrogen-bond donors (Lipinski definition) is 1. The molecule has 2 aromatic rings. The number of H-pyrrole nitrogens is 1. The Hall–Kier alpha value is -0.910. The smallest absolute Gasteiger partial charge is 0.180 e. The Labute approximate surface area is 106 Å². The number of carbonyl (C=O) groups is 1. The molecule has 0 spiro atoms. The van der Waals surface area contributed by atoms with Crippen molar-refractivity contribution in [3.05, 3.63) is 33.3 Å². The maximum Gasteiger partial charge on any atom is 0.180 e. The van der Waals surface area contributed by atoms with Gasteiger partial charge in [-0.1, -0.05) is 6.92 Å². The molecule has 16 heavy (non-hydrogen) atoms. The van der Waals surface area contributed by atoms with Gasteiger partial charge in [0.25, 0.3) is 0 Å². The Morgan fingerprint density at radius 2 is 2.25 bits per heavy atom. The highest BCUT2D eigenvalue weighted by atomic mass is 127. The van der Waals surface area contributed by atoms with Crippen molar-refractivity contribution in [2.45, 2.75) is 19.8 Å². The zero-order valence-corrected chi connectivity index (χ0v) is 11.0. The molecule has 0 aliphatic carbocycles. The molecule has 0 radical (unpaired) electrons. The van der Waals surface area contributed by atoms with Crippen molar-refractivity contribution in [1.29, 1.82) is 0 Å². The monoisotopic (exact) mass is 331 g/mol. The third kappa shape index (κ3) is 1.98. The van der Waals surface area contributed by atoms with E-state index in [2.05, 4.69) is 27.6 Å². The number of Topliss-reactive ketones (excluding diaryl/α,β-unsaturated/α-hetero) is 1. The Kier molecular flexibility index (Phi) is 3.28. The molecular weight excluding hydrogens is 320 g/mol. The number of aromatic amines is 1. The fourth-order valence-electron chi connectivity index (χ4n) is 1.68. The van der Waals surface area contributed by atoms with Gasteiger partial charge in [-0.15, -0.1) is 0 Å². The summed E-state index contributed by atoms with van der Waals surface area (Å²) < 4.78 is 13.9. The fourth-order valence-corrected chi connectivity index (χ4v) is 2.56. The molecule has 0 atom stereocenters. The van der Waals surface area contributed by atoms with Crippen molar-refractivity contribution < 1.29 is 9.18 Å². The van der Waals surface area contributed by atoms with Crippen molar-refractivity contribution in [3.8, 4) is 0 Å². The lowest BCUT2D eigenvalue weighted by Gasteiger charge is -1.95. The first-order valence-electron chi connectivity index (χ1n) is 5.13. The Morgan fingerprint density at radius 1 is 1.50 bits per heavy atom. The number of fused-ring (bicyclic) bond motifs is 1. The summed E-state index contributed by atoms with van der Waals surface area (Å²) in [7, 11) is 0. The van der Waals surface area contributed by atoms with Gasteiger partial charge in [-0.2, -0.15) is 0 Å². The molecule has 84 valence electrons. The maximum atomic E-state index is 13.1. The number of nitrogens with one attached hydrogen (secondary N) is 1. The van der Waals surface area contributed by atoms with Crippen LogP contribution in [-0.2, 0) is 0 Å². The Balaban J connectivity index is 2.56. The number of ketones is 1. The van der Waals surface area contributed by atoms with E-state index in [0.717, 1.165) is 20.9 Å². The molecule has 1 aromatic carbocycles. The molecule has 0 aliphatic heterocycles. The van der Waals surface area contributed by atoms with Gasteiger partial charge in [-0.05, 0) is 47.2 Å². The van der Waals surface area contributed by atoms with Gasteiger partial charge in [0.2, 0.25) is 0 Å². The number of benzene rings is 1. The molecule has 0 bridgehead atoms. The van der Waals surface area contributed by atoms with Crippen molar-refractivity contribution in [3.63, 3.8) is 0 Å². The van der Waals surface area contributed by atoms with Crippen LogP contribution in [0.3, 0.4) is 0 Å². The summed E-state index contributed by atoms with van der Waals surface area (Å²) in [6, 6.07) is 4.51. The SMILES string of the molecule is CCCC(=O)c1[nH]c2ccc(F)cc2c1I. The zero-order valence-electron chi connectivity index (χ0n) is 8.81. The second kappa shape index (κ2) is 4.53. The van der Waals surface area contributed by atoms with Crippen LogP contribution in [0.2, 0.25) is 0 Å². The first-order valence-corrected chi connectivity index (χ1v) is 6.21. The summed E-state index contributed by atoms with van der Waals surface area (Å²) >= 11 is 2.09. The van der Waals surface area contributed by atoms with Gasteiger partial charge < -0.3 is 4.98 Å². The minimum atomic E-state index is -0.279. The van der Waals surface area contributed by atoms with Crippen LogP contribution >= 0.6 is 22.6 Å². The maximum absolute atomic E-state index is 13.1. The van der Waals surface area contributed by atoms with Crippen molar-refractivity contribution in [2.24, 2.45) is 0 Å². The van der Waals surface area contributed by atoms with Crippen LogP contribution in [0.1, 0.15) is 30.3 Å². The van der Waals surface area contributed by atoms with Crippen molar-refractivity contribution >= 4 is 39.3 Å². The highest BCUT2D eigenvalue weighted by Crippen LogP contribution is 2.26. The minimum absolute atomic E-state index is 0.0866. The largest absolute Gasteiger partial charge is 0.351 e. The predicted octanol–water partition coefficient (Wildman–Crippen LogP) is 3.89. The lowest BCUT2D eigenvalue weighted by molar-refractivity contribution is 0.0977. The van der Waals surface area contributed by atoms with Crippen LogP contribution in [0.4, 0.5) is 4.39 Å². The van der Waals surface area contributed by atoms with Gasteiger partial charge >= 0.3 is 0 Å². The zero-order chi connectivity index (χ0) is 11.7. The quantitative estimate of drug-likeness (QED) is 0.672. The summed E-state index contributed by atoms with van der Waals surface area (Å²) in [5.41, 5.74) is 1.41. The van der Waals surface area contributed by atoms with Gasteiger partial charge in [0, 0.05) is 20.9 Å². The van der Waals surface area contributed by atoms with Crippen LogP contribution in [0, 0.1) is 9.39 Å². The summed E-state index contributed by atoms with van der Waals surface area (Å²) in [4.78, 5) is 14.8. The first-order chi connectivity index (χ1) is 7.63. The average molecular weight is 331 g/mol. The second-order valence-corrected chi connectivity index (χ2v) is 4.76. The molecule has 1 aromatic heterocycles. The molecule has 0 saturated heterocycles. The Morgan fingerprint density at radius 3 is 2.94 bits per heavy atom. The van der Waals surface area contributed by atoms with Gasteiger partial charge in [0.1, 0.15) is 5.82 Å². The van der Waals surface area contributed by atoms with Crippen molar-refractivity contribution in [2.75, 3.05) is 0 Å². The minimum Gasteiger partial charge on any atom is -0.351 e. The third-order valence-corrected chi connectivity index (χ3v) is 3.57. The third-order valence-electron chi connectivity index (χ3n) is 2.45. The van der Waals surface area contributed by atoms with E-state index in [1.165, 1.54) is 12.1 Å². The van der Waals surface area contributed by atoms with Gasteiger partial charge in [0.15, 0.2) is 5.78 Å². The highest BCUT2D eigenvalue weighted by molar-refractivity contribution is 14.1. The predicted molar refractivity (Wildman–Crippen MR) is 70.2 cm³/mol. The number of hydrogen-bond acceptors (Lipinski definition) is 1. The molecular formula is C12H11FINO. The number of carbonyl (C=O) groups excluding carboxylic acids is 1. The lowest BCUT2D eigenvalue weighted by Crippen LogP contribution is -2.00. The summed E-state index contributed by atoms with van der Waals surface area (Å²) in [5, 5.41) is 0.778. The molecule has 1 heterocycles. The van der Waals surface area contributed by atoms with E-state index in [-0.39, 0.29) is 11.6 Å². The van der Waals surface area contributed by atoms with E-state index in [1.54, 1.807) is 6.07 Å². The second-order valence-electron chi connectivity index (χ2n) is 3.68. The number of rotatable bonds is 3. The van der Waals surface area contributed by atoms with Gasteiger partial charge in [-0.25, -0.2) is 4.39 Å². The lowest BCUT2D eigenvalue weighted by atomic mass is 10.2. The molecule has 0 saturated carbocycles. The molecule has 0 aliphatic rings. The van der Waals surface area contributed by atoms with E-state index in [4.69, 9.17) is 0 Å². The van der Waals surface area contributed by atoms with Crippen LogP contribution in [0.5, 0.6) is 0 Å². The molecule has 4 heteroatoms. The van der Waals surface area contributed by atoms with Crippen LogP contribution in [0.25, 0.3) is 10.9 Å². The molecule has 1 N–H and O–H groups in total. The molecule has 0 fully saturated rings. The summed E-state index contributed by atoms with van der Waals surface area (Å²) in [6.07, 6.45) is 1.34. The summed E-state index contributed by atoms with van der Waals surface area (Å²) in [5.74, 6) is -0.192. The van der Waals surface area contributed by atoms with E-state index >= 15 is 0 Å². The topological polar surface area (TPSA) is 32.9 Å². The molecule has 0 amide bonds. The summed E-state index contributed by atoms with van der Waals surface area (Å²) in [6.45, 7) is 1.97. The highest BCUT2D eigenvalue weighted by Gasteiger charge is 2.15. The molecule has 0 unspecified atom stereocenters. The number of aromatic nitrogens is 1. The van der Waals surface area contributed by atoms with Crippen molar-refractivity contribution in [1.82, 2.24) is 4.98 Å². The van der Waals surface area contributed by atoms with Crippen LogP contribution < -0.4 is 0 Å². The van der Waals surface area contributed by atoms with E-state index in [9.17, 15) is 9.18 Å². The van der Waals surface area contributed by atoms with Crippen LogP contribution in [0.15, 0.2) is 18.2 Å². The first kappa shape index (κ1) is 11.6. The normalized spacial score (nSPS) is 10.9.